The molecular formula is C16H14N2OS. The van der Waals surface area contributed by atoms with E-state index in [1.54, 1.807) is 6.08 Å². The summed E-state index contributed by atoms with van der Waals surface area (Å²) in [7, 11) is 0. The molecule has 1 heterocycles. The summed E-state index contributed by atoms with van der Waals surface area (Å²) in [4.78, 5) is 12.1. The fraction of sp³-hybridized carbons (Fsp3) is 0.125. The lowest BCUT2D eigenvalue weighted by Gasteiger charge is -2.08. The maximum absolute atomic E-state index is 12.1. The number of anilines is 1. The summed E-state index contributed by atoms with van der Waals surface area (Å²) in [5, 5.41) is 15.7. The first-order valence-corrected chi connectivity index (χ1v) is 7.07. The Kier molecular flexibility index (Phi) is 4.34. The van der Waals surface area contributed by atoms with Gasteiger partial charge in [-0.3, -0.25) is 4.79 Å². The van der Waals surface area contributed by atoms with Gasteiger partial charge < -0.3 is 5.32 Å². The van der Waals surface area contributed by atoms with Crippen molar-refractivity contribution in [2.24, 2.45) is 0 Å². The van der Waals surface area contributed by atoms with Crippen LogP contribution in [0.1, 0.15) is 16.7 Å². The third-order valence-electron chi connectivity index (χ3n) is 2.85. The van der Waals surface area contributed by atoms with Crippen LogP contribution < -0.4 is 5.32 Å². The molecule has 100 valence electrons. The zero-order chi connectivity index (χ0) is 14.5. The number of hydrogen-bond acceptors (Lipinski definition) is 3. The van der Waals surface area contributed by atoms with Crippen molar-refractivity contribution in [3.63, 3.8) is 0 Å². The lowest BCUT2D eigenvalue weighted by atomic mass is 10.1. The molecule has 20 heavy (non-hydrogen) atoms. The van der Waals surface area contributed by atoms with Crippen LogP contribution in [-0.4, -0.2) is 5.91 Å². The Morgan fingerprint density at radius 2 is 2.15 bits per heavy atom. The van der Waals surface area contributed by atoms with Crippen molar-refractivity contribution < 1.29 is 4.79 Å². The smallest absolute Gasteiger partial charge is 0.266 e. The van der Waals surface area contributed by atoms with Gasteiger partial charge in [-0.25, -0.2) is 0 Å². The van der Waals surface area contributed by atoms with Crippen LogP contribution in [0.25, 0.3) is 6.08 Å². The summed E-state index contributed by atoms with van der Waals surface area (Å²) in [5.41, 5.74) is 3.80. The van der Waals surface area contributed by atoms with Gasteiger partial charge in [0.2, 0.25) is 0 Å². The summed E-state index contributed by atoms with van der Waals surface area (Å²) >= 11 is 1.53. The van der Waals surface area contributed by atoms with E-state index in [0.29, 0.717) is 0 Å². The maximum Gasteiger partial charge on any atom is 0.266 e. The van der Waals surface area contributed by atoms with E-state index in [4.69, 9.17) is 5.26 Å². The predicted octanol–water partition coefficient (Wildman–Crippen LogP) is 3.91. The largest absolute Gasteiger partial charge is 0.321 e. The molecule has 1 aromatic heterocycles. The third-order valence-corrected chi connectivity index (χ3v) is 3.55. The van der Waals surface area contributed by atoms with Crippen molar-refractivity contribution in [2.45, 2.75) is 13.8 Å². The number of carbonyl (C=O) groups excluding carboxylic acids is 1. The van der Waals surface area contributed by atoms with E-state index < -0.39 is 0 Å². The zero-order valence-electron chi connectivity index (χ0n) is 11.3. The minimum atomic E-state index is -0.384. The van der Waals surface area contributed by atoms with Crippen molar-refractivity contribution >= 4 is 29.0 Å². The molecule has 0 aliphatic heterocycles. The van der Waals surface area contributed by atoms with Gasteiger partial charge in [0.05, 0.1) is 0 Å². The van der Waals surface area contributed by atoms with Crippen molar-refractivity contribution in [1.29, 1.82) is 5.26 Å². The molecule has 0 unspecified atom stereocenters. The summed E-state index contributed by atoms with van der Waals surface area (Å²) in [6.45, 7) is 3.92. The van der Waals surface area contributed by atoms with Crippen molar-refractivity contribution in [3.8, 4) is 6.07 Å². The van der Waals surface area contributed by atoms with Gasteiger partial charge in [0.1, 0.15) is 11.6 Å². The Hall–Kier alpha value is -2.38. The Bertz CT molecular complexity index is 694. The summed E-state index contributed by atoms with van der Waals surface area (Å²) in [5.74, 6) is -0.384. The van der Waals surface area contributed by atoms with Crippen LogP contribution in [0.2, 0.25) is 0 Å². The maximum atomic E-state index is 12.1. The molecule has 0 saturated carbocycles. The average Bonchev–Trinajstić information content (AvgIpc) is 2.92. The first kappa shape index (κ1) is 14.0. The molecule has 0 aliphatic carbocycles. The first-order valence-electron chi connectivity index (χ1n) is 6.13. The number of amides is 1. The van der Waals surface area contributed by atoms with Gasteiger partial charge >= 0.3 is 0 Å². The Labute approximate surface area is 122 Å². The lowest BCUT2D eigenvalue weighted by molar-refractivity contribution is -0.112. The van der Waals surface area contributed by atoms with Crippen molar-refractivity contribution in [3.05, 3.63) is 57.3 Å². The van der Waals surface area contributed by atoms with E-state index >= 15 is 0 Å². The summed E-state index contributed by atoms with van der Waals surface area (Å²) in [6.07, 6.45) is 1.59. The van der Waals surface area contributed by atoms with Gasteiger partial charge in [-0.15, -0.1) is 0 Å². The molecule has 1 aromatic carbocycles. The van der Waals surface area contributed by atoms with E-state index in [2.05, 4.69) is 5.32 Å². The van der Waals surface area contributed by atoms with Gasteiger partial charge in [-0.1, -0.05) is 17.7 Å². The third kappa shape index (κ3) is 3.34. The Balaban J connectivity index is 2.20. The number of hydrogen-bond donors (Lipinski definition) is 1. The van der Waals surface area contributed by atoms with Crippen LogP contribution in [0.4, 0.5) is 5.69 Å². The quantitative estimate of drug-likeness (QED) is 0.685. The highest BCUT2D eigenvalue weighted by molar-refractivity contribution is 7.08. The molecule has 1 amide bonds. The topological polar surface area (TPSA) is 52.9 Å². The Morgan fingerprint density at radius 1 is 1.35 bits per heavy atom. The van der Waals surface area contributed by atoms with Gasteiger partial charge in [0, 0.05) is 5.69 Å². The number of rotatable bonds is 3. The van der Waals surface area contributed by atoms with Crippen molar-refractivity contribution in [2.75, 3.05) is 5.32 Å². The fourth-order valence-electron chi connectivity index (χ4n) is 1.82. The highest BCUT2D eigenvalue weighted by Crippen LogP contribution is 2.18. The number of nitrogens with zero attached hydrogens (tertiary/aromatic N) is 1. The molecule has 3 nitrogen and oxygen atoms in total. The number of thiophene rings is 1. The molecule has 0 aliphatic rings. The fourth-order valence-corrected chi connectivity index (χ4v) is 2.43. The SMILES string of the molecule is Cc1ccc(NC(=O)/C(C#N)=C/c2ccsc2)c(C)c1. The summed E-state index contributed by atoms with van der Waals surface area (Å²) in [6, 6.07) is 9.58. The minimum absolute atomic E-state index is 0.100. The van der Waals surface area contributed by atoms with Crippen LogP contribution in [0.5, 0.6) is 0 Å². The van der Waals surface area contributed by atoms with Crippen LogP contribution in [0.15, 0.2) is 40.6 Å². The van der Waals surface area contributed by atoms with Gasteiger partial charge in [0.25, 0.3) is 5.91 Å². The number of nitriles is 1. The van der Waals surface area contributed by atoms with E-state index in [1.165, 1.54) is 11.3 Å². The predicted molar refractivity (Wildman–Crippen MR) is 82.5 cm³/mol. The Morgan fingerprint density at radius 3 is 2.75 bits per heavy atom. The van der Waals surface area contributed by atoms with Crippen LogP contribution >= 0.6 is 11.3 Å². The number of aryl methyl sites for hydroxylation is 2. The van der Waals surface area contributed by atoms with Crippen LogP contribution in [-0.2, 0) is 4.79 Å². The lowest BCUT2D eigenvalue weighted by Crippen LogP contribution is -2.14. The molecule has 0 saturated heterocycles. The molecule has 2 rings (SSSR count). The first-order chi connectivity index (χ1) is 9.60. The molecule has 0 spiro atoms. The molecule has 0 bridgehead atoms. The molecule has 0 fully saturated rings. The van der Waals surface area contributed by atoms with E-state index in [1.807, 2.05) is 54.9 Å². The van der Waals surface area contributed by atoms with Gasteiger partial charge in [0.15, 0.2) is 0 Å². The second kappa shape index (κ2) is 6.18. The molecule has 0 radical (unpaired) electrons. The number of carbonyl (C=O) groups is 1. The highest BCUT2D eigenvalue weighted by atomic mass is 32.1. The van der Waals surface area contributed by atoms with E-state index in [0.717, 1.165) is 22.4 Å². The molecule has 4 heteroatoms. The average molecular weight is 282 g/mol. The molecule has 0 atom stereocenters. The second-order valence-electron chi connectivity index (χ2n) is 4.50. The van der Waals surface area contributed by atoms with Gasteiger partial charge in [-0.2, -0.15) is 16.6 Å². The number of nitrogens with one attached hydrogen (secondary N) is 1. The highest BCUT2D eigenvalue weighted by Gasteiger charge is 2.10. The van der Waals surface area contributed by atoms with Crippen LogP contribution in [0, 0.1) is 25.2 Å². The normalized spacial score (nSPS) is 10.9. The monoisotopic (exact) mass is 282 g/mol. The van der Waals surface area contributed by atoms with Gasteiger partial charge in [-0.05, 0) is 53.9 Å². The molecule has 2 aromatic rings. The van der Waals surface area contributed by atoms with Crippen molar-refractivity contribution in [1.82, 2.24) is 0 Å². The molecular weight excluding hydrogens is 268 g/mol. The van der Waals surface area contributed by atoms with Crippen LogP contribution in [0.3, 0.4) is 0 Å². The minimum Gasteiger partial charge on any atom is -0.321 e. The number of benzene rings is 1. The molecule has 1 N–H and O–H groups in total. The zero-order valence-corrected chi connectivity index (χ0v) is 12.1. The van der Waals surface area contributed by atoms with E-state index in [-0.39, 0.29) is 11.5 Å². The second-order valence-corrected chi connectivity index (χ2v) is 5.28. The standard InChI is InChI=1S/C16H14N2OS/c1-11-3-4-15(12(2)7-11)18-16(19)14(9-17)8-13-5-6-20-10-13/h3-8,10H,1-2H3,(H,18,19)/b14-8+. The van der Waals surface area contributed by atoms with E-state index in [9.17, 15) is 4.79 Å². The summed E-state index contributed by atoms with van der Waals surface area (Å²) < 4.78 is 0.